The van der Waals surface area contributed by atoms with Gasteiger partial charge in [0.1, 0.15) is 11.6 Å². The zero-order valence-electron chi connectivity index (χ0n) is 10.0. The van der Waals surface area contributed by atoms with Crippen LogP contribution in [0.4, 0.5) is 8.78 Å². The van der Waals surface area contributed by atoms with Crippen molar-refractivity contribution in [3.05, 3.63) is 35.4 Å². The molecular formula is C13H17F2NOS. The van der Waals surface area contributed by atoms with Gasteiger partial charge in [0, 0.05) is 30.0 Å². The summed E-state index contributed by atoms with van der Waals surface area (Å²) in [6.45, 7) is 0.299. The Morgan fingerprint density at radius 3 is 2.94 bits per heavy atom. The Kier molecular flexibility index (Phi) is 4.97. The topological polar surface area (TPSA) is 32.3 Å². The Labute approximate surface area is 110 Å². The number of benzene rings is 1. The van der Waals surface area contributed by atoms with Gasteiger partial charge in [-0.25, -0.2) is 8.78 Å². The van der Waals surface area contributed by atoms with Crippen LogP contribution in [0.5, 0.6) is 0 Å². The van der Waals surface area contributed by atoms with E-state index in [1.54, 1.807) is 0 Å². The maximum Gasteiger partial charge on any atom is 0.131 e. The highest BCUT2D eigenvalue weighted by Gasteiger charge is 2.17. The van der Waals surface area contributed by atoms with Gasteiger partial charge in [-0.15, -0.1) is 0 Å². The summed E-state index contributed by atoms with van der Waals surface area (Å²) >= 11 is 1.89. The summed E-state index contributed by atoms with van der Waals surface area (Å²) in [6, 6.07) is 3.64. The molecule has 0 unspecified atom stereocenters. The van der Waals surface area contributed by atoms with Gasteiger partial charge in [0.15, 0.2) is 0 Å². The third-order valence-corrected chi connectivity index (χ3v) is 4.30. The Morgan fingerprint density at radius 2 is 2.28 bits per heavy atom. The molecule has 0 aliphatic carbocycles. The van der Waals surface area contributed by atoms with Crippen LogP contribution < -0.4 is 5.32 Å². The second kappa shape index (κ2) is 6.50. The van der Waals surface area contributed by atoms with Crippen LogP contribution in [0.3, 0.4) is 0 Å². The van der Waals surface area contributed by atoms with Crippen molar-refractivity contribution in [3.63, 3.8) is 0 Å². The monoisotopic (exact) mass is 273 g/mol. The molecule has 2 N–H and O–H groups in total. The molecule has 1 fully saturated rings. The van der Waals surface area contributed by atoms with Gasteiger partial charge in [-0.1, -0.05) is 6.07 Å². The summed E-state index contributed by atoms with van der Waals surface area (Å²) in [6.07, 6.45) is 1.33. The molecule has 18 heavy (non-hydrogen) atoms. The minimum Gasteiger partial charge on any atom is -0.387 e. The third kappa shape index (κ3) is 3.67. The molecule has 1 aromatic rings. The van der Waals surface area contributed by atoms with E-state index in [1.807, 2.05) is 11.8 Å². The molecule has 2 rings (SSSR count). The fourth-order valence-electron chi connectivity index (χ4n) is 2.06. The number of aliphatic hydroxyl groups excluding tert-OH is 1. The van der Waals surface area contributed by atoms with Crippen LogP contribution in [0.1, 0.15) is 24.5 Å². The lowest BCUT2D eigenvalue weighted by molar-refractivity contribution is 0.165. The summed E-state index contributed by atoms with van der Waals surface area (Å²) in [5, 5.41) is 13.1. The minimum absolute atomic E-state index is 0.146. The molecule has 1 saturated heterocycles. The molecule has 0 amide bonds. The van der Waals surface area contributed by atoms with Crippen LogP contribution >= 0.6 is 11.8 Å². The van der Waals surface area contributed by atoms with Gasteiger partial charge in [-0.3, -0.25) is 0 Å². The molecule has 2 nitrogen and oxygen atoms in total. The number of hydrogen-bond donors (Lipinski definition) is 2. The molecule has 0 saturated carbocycles. The molecular weight excluding hydrogens is 256 g/mol. The van der Waals surface area contributed by atoms with Gasteiger partial charge in [0.2, 0.25) is 0 Å². The number of thioether (sulfide) groups is 1. The molecule has 1 heterocycles. The Morgan fingerprint density at radius 1 is 1.44 bits per heavy atom. The van der Waals surface area contributed by atoms with E-state index in [2.05, 4.69) is 5.32 Å². The van der Waals surface area contributed by atoms with Crippen molar-refractivity contribution in [1.29, 1.82) is 0 Å². The van der Waals surface area contributed by atoms with E-state index in [9.17, 15) is 13.9 Å². The van der Waals surface area contributed by atoms with Crippen molar-refractivity contribution < 1.29 is 13.9 Å². The lowest BCUT2D eigenvalue weighted by atomic mass is 10.1. The lowest BCUT2D eigenvalue weighted by Crippen LogP contribution is -2.36. The van der Waals surface area contributed by atoms with Crippen LogP contribution in [-0.2, 0) is 0 Å². The van der Waals surface area contributed by atoms with Crippen molar-refractivity contribution >= 4 is 11.8 Å². The minimum atomic E-state index is -0.933. The SMILES string of the molecule is O[C@H](CN[C@@H]1CCCSC1)c1ccc(F)cc1F. The van der Waals surface area contributed by atoms with E-state index < -0.39 is 17.7 Å². The average molecular weight is 273 g/mol. The first-order valence-corrected chi connectivity index (χ1v) is 7.26. The first-order valence-electron chi connectivity index (χ1n) is 6.11. The second-order valence-corrected chi connectivity index (χ2v) is 5.65. The Bertz CT molecular complexity index is 397. The summed E-state index contributed by atoms with van der Waals surface area (Å²) < 4.78 is 26.2. The number of rotatable bonds is 4. The molecule has 0 radical (unpaired) electrons. The van der Waals surface area contributed by atoms with E-state index in [0.717, 1.165) is 24.3 Å². The zero-order chi connectivity index (χ0) is 13.0. The molecule has 1 aromatic carbocycles. The van der Waals surface area contributed by atoms with Crippen LogP contribution in [-0.4, -0.2) is 29.2 Å². The normalized spacial score (nSPS) is 21.8. The average Bonchev–Trinajstić information content (AvgIpc) is 2.37. The van der Waals surface area contributed by atoms with Crippen LogP contribution in [0.2, 0.25) is 0 Å². The highest BCUT2D eigenvalue weighted by molar-refractivity contribution is 7.99. The first-order chi connectivity index (χ1) is 8.66. The fraction of sp³-hybridized carbons (Fsp3) is 0.538. The predicted molar refractivity (Wildman–Crippen MR) is 69.7 cm³/mol. The van der Waals surface area contributed by atoms with Crippen molar-refractivity contribution in [2.75, 3.05) is 18.1 Å². The highest BCUT2D eigenvalue weighted by Crippen LogP contribution is 2.20. The number of halogens is 2. The van der Waals surface area contributed by atoms with Gasteiger partial charge in [-0.05, 0) is 24.7 Å². The van der Waals surface area contributed by atoms with Crippen molar-refractivity contribution in [3.8, 4) is 0 Å². The quantitative estimate of drug-likeness (QED) is 0.884. The lowest BCUT2D eigenvalue weighted by Gasteiger charge is -2.24. The Hall–Kier alpha value is -0.650. The molecule has 1 aliphatic heterocycles. The molecule has 100 valence electrons. The summed E-state index contributed by atoms with van der Waals surface area (Å²) in [5.74, 6) is 0.897. The van der Waals surface area contributed by atoms with E-state index in [1.165, 1.54) is 18.2 Å². The van der Waals surface area contributed by atoms with E-state index >= 15 is 0 Å². The zero-order valence-corrected chi connectivity index (χ0v) is 10.9. The summed E-state index contributed by atoms with van der Waals surface area (Å²) in [4.78, 5) is 0. The highest BCUT2D eigenvalue weighted by atomic mass is 32.2. The fourth-order valence-corrected chi connectivity index (χ4v) is 3.17. The van der Waals surface area contributed by atoms with E-state index in [-0.39, 0.29) is 5.56 Å². The molecule has 0 aromatic heterocycles. The molecule has 1 aliphatic rings. The maximum atomic E-state index is 13.4. The summed E-state index contributed by atoms with van der Waals surface area (Å²) in [5.41, 5.74) is 0.146. The largest absolute Gasteiger partial charge is 0.387 e. The summed E-state index contributed by atoms with van der Waals surface area (Å²) in [7, 11) is 0. The smallest absolute Gasteiger partial charge is 0.131 e. The predicted octanol–water partition coefficient (Wildman–Crippen LogP) is 2.48. The van der Waals surface area contributed by atoms with Gasteiger partial charge >= 0.3 is 0 Å². The van der Waals surface area contributed by atoms with E-state index in [0.29, 0.717) is 12.6 Å². The molecule has 5 heteroatoms. The van der Waals surface area contributed by atoms with Crippen molar-refractivity contribution in [1.82, 2.24) is 5.32 Å². The van der Waals surface area contributed by atoms with Crippen molar-refractivity contribution in [2.45, 2.75) is 25.0 Å². The van der Waals surface area contributed by atoms with Gasteiger partial charge in [0.25, 0.3) is 0 Å². The van der Waals surface area contributed by atoms with Gasteiger partial charge in [0.05, 0.1) is 6.10 Å². The molecule has 0 bridgehead atoms. The molecule has 2 atom stereocenters. The van der Waals surface area contributed by atoms with Gasteiger partial charge in [-0.2, -0.15) is 11.8 Å². The number of nitrogens with one attached hydrogen (secondary N) is 1. The maximum absolute atomic E-state index is 13.4. The standard InChI is InChI=1S/C13H17F2NOS/c14-9-3-4-11(12(15)6-9)13(17)7-16-10-2-1-5-18-8-10/h3-4,6,10,13,16-17H,1-2,5,7-8H2/t10-,13-/m1/s1. The van der Waals surface area contributed by atoms with Crippen LogP contribution in [0.25, 0.3) is 0 Å². The number of aliphatic hydroxyl groups is 1. The van der Waals surface area contributed by atoms with Crippen LogP contribution in [0.15, 0.2) is 18.2 Å². The van der Waals surface area contributed by atoms with E-state index in [4.69, 9.17) is 0 Å². The Balaban J connectivity index is 1.88. The third-order valence-electron chi connectivity index (χ3n) is 3.08. The number of hydrogen-bond acceptors (Lipinski definition) is 3. The van der Waals surface area contributed by atoms with Gasteiger partial charge < -0.3 is 10.4 Å². The second-order valence-electron chi connectivity index (χ2n) is 4.50. The molecule has 0 spiro atoms. The first kappa shape index (κ1) is 13.8. The van der Waals surface area contributed by atoms with Crippen LogP contribution in [0, 0.1) is 11.6 Å². The van der Waals surface area contributed by atoms with Crippen molar-refractivity contribution in [2.24, 2.45) is 0 Å².